The maximum absolute atomic E-state index is 13.3. The molecule has 0 aliphatic carbocycles. The molecule has 4 heterocycles. The highest BCUT2D eigenvalue weighted by Gasteiger charge is 2.18. The van der Waals surface area contributed by atoms with Crippen LogP contribution in [0.25, 0.3) is 0 Å². The van der Waals surface area contributed by atoms with Gasteiger partial charge < -0.3 is 10.6 Å². The van der Waals surface area contributed by atoms with Crippen molar-refractivity contribution < 1.29 is 9.13 Å². The molecule has 1 aliphatic rings. The number of aromatic nitrogens is 6. The van der Waals surface area contributed by atoms with E-state index >= 15 is 0 Å². The first-order valence-electron chi connectivity index (χ1n) is 21.0. The van der Waals surface area contributed by atoms with Gasteiger partial charge in [-0.15, -0.1) is 0 Å². The topological polar surface area (TPSA) is 102 Å². The number of rotatable bonds is 0. The molecular weight excluding hydrogens is 713 g/mol. The molecule has 0 radical (unpaired) electrons. The average Bonchev–Trinajstić information content (AvgIpc) is 3.14. The van der Waals surface area contributed by atoms with E-state index in [2.05, 4.69) is 59.8 Å². The van der Waals surface area contributed by atoms with Crippen LogP contribution in [0.5, 0.6) is 0 Å². The lowest BCUT2D eigenvalue weighted by molar-refractivity contribution is -0.718. The maximum Gasteiger partial charge on any atom is 0.361 e. The Bertz CT molecular complexity index is 1690. The highest BCUT2D eigenvalue weighted by Crippen LogP contribution is 2.20. The predicted molar refractivity (Wildman–Crippen MR) is 226 cm³/mol. The van der Waals surface area contributed by atoms with Crippen molar-refractivity contribution in [1.82, 2.24) is 19.1 Å². The first-order chi connectivity index (χ1) is 26.2. The Hall–Kier alpha value is -2.86. The molecule has 300 valence electrons. The van der Waals surface area contributed by atoms with Crippen molar-refractivity contribution >= 4 is 35.2 Å². The van der Waals surface area contributed by atoms with Crippen molar-refractivity contribution in [1.29, 1.82) is 0 Å². The van der Waals surface area contributed by atoms with Crippen molar-refractivity contribution in [3.05, 3.63) is 56.1 Å². The van der Waals surface area contributed by atoms with E-state index in [-0.39, 0.29) is 11.2 Å². The third-order valence-electron chi connectivity index (χ3n) is 10.7. The standard InChI is InChI=1S/C42H68N8O2S2/c1-34-31-37-43-25-19-18-20-26-44-38-32-35(2)48(5)41(46-38)54-30-24-17-13-9-7-11-15-22-28-50-39(51)33-36(3)49(42(50)52)27-21-14-10-6-8-12-16-23-29-53-40(45-37)47(34)4/h31-33H,6-30H2,1-5H3/p+2. The van der Waals surface area contributed by atoms with Gasteiger partial charge >= 0.3 is 16.0 Å². The van der Waals surface area contributed by atoms with E-state index in [0.29, 0.717) is 13.1 Å². The van der Waals surface area contributed by atoms with Crippen molar-refractivity contribution in [2.45, 2.75) is 166 Å². The molecule has 0 aromatic carbocycles. The zero-order chi connectivity index (χ0) is 38.5. The fourth-order valence-electron chi connectivity index (χ4n) is 7.01. The van der Waals surface area contributed by atoms with Crippen LogP contribution in [0.1, 0.15) is 139 Å². The van der Waals surface area contributed by atoms with E-state index in [0.717, 1.165) is 104 Å². The Morgan fingerprint density at radius 3 is 1.39 bits per heavy atom. The van der Waals surface area contributed by atoms with Crippen LogP contribution >= 0.6 is 23.5 Å². The third-order valence-corrected chi connectivity index (χ3v) is 13.0. The van der Waals surface area contributed by atoms with E-state index in [4.69, 9.17) is 9.97 Å². The summed E-state index contributed by atoms with van der Waals surface area (Å²) in [5.74, 6) is 4.11. The zero-order valence-electron chi connectivity index (χ0n) is 34.2. The highest BCUT2D eigenvalue weighted by molar-refractivity contribution is 7.99. The van der Waals surface area contributed by atoms with Gasteiger partial charge in [-0.2, -0.15) is 0 Å². The van der Waals surface area contributed by atoms with Crippen LogP contribution < -0.4 is 31.0 Å². The molecule has 0 saturated carbocycles. The summed E-state index contributed by atoms with van der Waals surface area (Å²) in [5, 5.41) is 9.31. The van der Waals surface area contributed by atoms with Gasteiger partial charge in [0.25, 0.3) is 5.56 Å². The van der Waals surface area contributed by atoms with Crippen LogP contribution in [0.2, 0.25) is 0 Å². The van der Waals surface area contributed by atoms with Crippen LogP contribution in [0.15, 0.2) is 38.1 Å². The van der Waals surface area contributed by atoms with Gasteiger partial charge in [-0.25, -0.2) is 13.9 Å². The van der Waals surface area contributed by atoms with Gasteiger partial charge in [0.2, 0.25) is 11.6 Å². The van der Waals surface area contributed by atoms with Gasteiger partial charge in [-0.3, -0.25) is 13.9 Å². The number of hydrogen-bond acceptors (Lipinski definition) is 8. The van der Waals surface area contributed by atoms with E-state index < -0.39 is 0 Å². The molecule has 0 fully saturated rings. The summed E-state index contributed by atoms with van der Waals surface area (Å²) in [6.07, 6.45) is 22.1. The van der Waals surface area contributed by atoms with Crippen LogP contribution in [-0.2, 0) is 27.2 Å². The monoisotopic (exact) mass is 783 g/mol. The van der Waals surface area contributed by atoms with Gasteiger partial charge in [0.05, 0.1) is 14.1 Å². The predicted octanol–water partition coefficient (Wildman–Crippen LogP) is 8.21. The third kappa shape index (κ3) is 15.0. The quantitative estimate of drug-likeness (QED) is 0.174. The van der Waals surface area contributed by atoms with Crippen LogP contribution in [-0.4, -0.2) is 43.7 Å². The molecule has 0 unspecified atom stereocenters. The zero-order valence-corrected chi connectivity index (χ0v) is 35.9. The number of nitrogens with zero attached hydrogens (tertiary/aromatic N) is 6. The molecule has 1 aliphatic heterocycles. The normalized spacial score (nSPS) is 18.0. The largest absolute Gasteiger partial charge is 0.361 e. The lowest BCUT2D eigenvalue weighted by Crippen LogP contribution is -2.40. The SMILES string of the molecule is Cc1cc(=O)n2c(=O)n1CCCCCCCCCCSc1nc(cc(C)[n+]1C)NCCCCCNc1cc(C)[n+](C)c(n1)SCCCCCCCCCC2. The first-order valence-corrected chi connectivity index (χ1v) is 23.0. The Balaban J connectivity index is 1.28. The van der Waals surface area contributed by atoms with Crippen LogP contribution in [0.4, 0.5) is 11.6 Å². The number of fused-ring (bicyclic) bond motifs is 6. The molecule has 4 rings (SSSR count). The molecule has 0 atom stereocenters. The summed E-state index contributed by atoms with van der Waals surface area (Å²) < 4.78 is 7.69. The number of aryl methyl sites for hydroxylation is 3. The first kappa shape index (κ1) is 43.9. The second kappa shape index (κ2) is 24.6. The Kier molecular flexibility index (Phi) is 20.0. The number of thioether (sulfide) groups is 2. The van der Waals surface area contributed by atoms with Gasteiger partial charge in [0, 0.05) is 61.6 Å². The molecule has 10 nitrogen and oxygen atoms in total. The summed E-state index contributed by atoms with van der Waals surface area (Å²) in [4.78, 5) is 35.9. The summed E-state index contributed by atoms with van der Waals surface area (Å²) in [7, 11) is 4.22. The lowest BCUT2D eigenvalue weighted by atomic mass is 10.1. The fourth-order valence-corrected chi connectivity index (χ4v) is 9.07. The molecule has 0 saturated heterocycles. The second-order valence-corrected chi connectivity index (χ2v) is 17.4. The Morgan fingerprint density at radius 2 is 0.926 bits per heavy atom. The van der Waals surface area contributed by atoms with E-state index in [9.17, 15) is 9.59 Å². The fraction of sp³-hybridized carbons (Fsp3) is 0.714. The van der Waals surface area contributed by atoms with Gasteiger partial charge in [0.15, 0.2) is 0 Å². The minimum atomic E-state index is -0.155. The van der Waals surface area contributed by atoms with E-state index in [1.165, 1.54) is 86.6 Å². The summed E-state index contributed by atoms with van der Waals surface area (Å²) in [6.45, 7) is 9.27. The number of nitrogens with one attached hydrogen (secondary N) is 2. The van der Waals surface area contributed by atoms with Crippen molar-refractivity contribution in [3.63, 3.8) is 0 Å². The minimum absolute atomic E-state index is 0.131. The van der Waals surface area contributed by atoms with E-state index in [1.54, 1.807) is 6.07 Å². The molecule has 0 spiro atoms. The Labute approximate surface area is 333 Å². The number of anilines is 2. The van der Waals surface area contributed by atoms with Crippen molar-refractivity contribution in [3.8, 4) is 0 Å². The summed E-state index contributed by atoms with van der Waals surface area (Å²) >= 11 is 3.72. The molecular formula is C42H70N8O2S2+2. The molecule has 3 aromatic rings. The molecule has 12 heteroatoms. The minimum Gasteiger partial charge on any atom is -0.349 e. The average molecular weight is 783 g/mol. The second-order valence-electron chi connectivity index (χ2n) is 15.2. The molecule has 0 amide bonds. The van der Waals surface area contributed by atoms with Gasteiger partial charge in [0.1, 0.15) is 11.4 Å². The van der Waals surface area contributed by atoms with Gasteiger partial charge in [-0.1, -0.05) is 77.0 Å². The number of hydrogen-bond donors (Lipinski definition) is 2. The summed E-state index contributed by atoms with van der Waals surface area (Å²) in [5.41, 5.74) is 2.93. The smallest absolute Gasteiger partial charge is 0.349 e. The van der Waals surface area contributed by atoms with Crippen LogP contribution in [0.3, 0.4) is 0 Å². The van der Waals surface area contributed by atoms with Gasteiger partial charge in [-0.05, 0) is 99.2 Å². The molecule has 3 aromatic heterocycles. The molecule has 2 N–H and O–H groups in total. The molecule has 6 bridgehead atoms. The van der Waals surface area contributed by atoms with Crippen molar-refractivity contribution in [2.24, 2.45) is 14.1 Å². The van der Waals surface area contributed by atoms with Crippen molar-refractivity contribution in [2.75, 3.05) is 35.2 Å². The Morgan fingerprint density at radius 1 is 0.537 bits per heavy atom. The lowest BCUT2D eigenvalue weighted by Gasteiger charge is -2.13. The summed E-state index contributed by atoms with van der Waals surface area (Å²) in [6, 6.07) is 5.95. The highest BCUT2D eigenvalue weighted by atomic mass is 32.2. The van der Waals surface area contributed by atoms with Crippen LogP contribution in [0, 0.1) is 20.8 Å². The molecule has 54 heavy (non-hydrogen) atoms. The van der Waals surface area contributed by atoms with E-state index in [1.807, 2.05) is 35.0 Å². The maximum atomic E-state index is 13.3.